The number of likely N-dealkylation sites (tertiary alicyclic amines) is 1. The van der Waals surface area contributed by atoms with Crippen LogP contribution in [0.15, 0.2) is 6.07 Å². The minimum absolute atomic E-state index is 0.344. The Morgan fingerprint density at radius 2 is 1.68 bits per heavy atom. The number of ether oxygens (including phenoxy) is 2. The number of aromatic nitrogens is 1. The topological polar surface area (TPSA) is 89.0 Å². The van der Waals surface area contributed by atoms with Crippen LogP contribution in [0.2, 0.25) is 0 Å². The third-order valence-electron chi connectivity index (χ3n) is 5.54. The van der Waals surface area contributed by atoms with Gasteiger partial charge in [-0.2, -0.15) is 0 Å². The normalized spacial score (nSPS) is 21.1. The molecule has 0 aliphatic carbocycles. The number of hydrogen-bond donors (Lipinski definition) is 0. The van der Waals surface area contributed by atoms with Crippen LogP contribution in [0.5, 0.6) is 0 Å². The molecule has 0 aromatic carbocycles. The fourth-order valence-electron chi connectivity index (χ4n) is 4.17. The number of carbonyl (C=O) groups excluding carboxylic acids is 3. The number of amides is 2. The van der Waals surface area contributed by atoms with E-state index < -0.39 is 22.8 Å². The Kier molecular flexibility index (Phi) is 5.80. The lowest BCUT2D eigenvalue weighted by molar-refractivity contribution is 0.0272. The van der Waals surface area contributed by atoms with E-state index in [4.69, 9.17) is 9.47 Å². The highest BCUT2D eigenvalue weighted by Crippen LogP contribution is 2.43. The van der Waals surface area contributed by atoms with Crippen LogP contribution in [0.4, 0.5) is 15.4 Å². The number of fused-ring (bicyclic) bond motifs is 1. The highest BCUT2D eigenvalue weighted by molar-refractivity contribution is 5.91. The second-order valence-corrected chi connectivity index (χ2v) is 10.5. The quantitative estimate of drug-likeness (QED) is 0.617. The molecule has 1 atom stereocenters. The molecule has 3 rings (SSSR count). The number of aryl methyl sites for hydroxylation is 2. The van der Waals surface area contributed by atoms with Gasteiger partial charge >= 0.3 is 12.2 Å². The Balaban J connectivity index is 2.00. The molecule has 0 saturated carbocycles. The van der Waals surface area contributed by atoms with E-state index >= 15 is 0 Å². The summed E-state index contributed by atoms with van der Waals surface area (Å²) in [5.74, 6) is 0.509. The number of carbonyl (C=O) groups is 3. The first kappa shape index (κ1) is 23.0. The van der Waals surface area contributed by atoms with Crippen molar-refractivity contribution in [3.63, 3.8) is 0 Å². The SMILES string of the molecule is Cc1nc2c(cc1C=O)CCC1(CCN(C(=O)OC(C)(C)C)C1)N2C(=O)OC(C)(C)C. The number of pyridine rings is 1. The fourth-order valence-corrected chi connectivity index (χ4v) is 4.17. The van der Waals surface area contributed by atoms with Crippen molar-refractivity contribution >= 4 is 24.3 Å². The summed E-state index contributed by atoms with van der Waals surface area (Å²) in [5.41, 5.74) is -0.00593. The summed E-state index contributed by atoms with van der Waals surface area (Å²) in [4.78, 5) is 45.3. The maximum Gasteiger partial charge on any atom is 0.416 e. The van der Waals surface area contributed by atoms with Crippen molar-refractivity contribution in [3.05, 3.63) is 22.9 Å². The monoisotopic (exact) mass is 431 g/mol. The van der Waals surface area contributed by atoms with Gasteiger partial charge in [0.2, 0.25) is 0 Å². The van der Waals surface area contributed by atoms with Crippen molar-refractivity contribution in [1.29, 1.82) is 0 Å². The number of hydrogen-bond acceptors (Lipinski definition) is 6. The molecule has 1 fully saturated rings. The molecule has 2 aliphatic rings. The second-order valence-electron chi connectivity index (χ2n) is 10.5. The minimum atomic E-state index is -0.683. The average Bonchev–Trinajstić information content (AvgIpc) is 3.03. The summed E-state index contributed by atoms with van der Waals surface area (Å²) in [6.07, 6.45) is 1.79. The van der Waals surface area contributed by atoms with Gasteiger partial charge in [0.1, 0.15) is 17.0 Å². The van der Waals surface area contributed by atoms with E-state index in [0.29, 0.717) is 49.4 Å². The van der Waals surface area contributed by atoms with Crippen LogP contribution in [0.1, 0.15) is 76.0 Å². The maximum absolute atomic E-state index is 13.4. The molecular formula is C23H33N3O5. The first-order valence-electron chi connectivity index (χ1n) is 10.7. The Hall–Kier alpha value is -2.64. The summed E-state index contributed by atoms with van der Waals surface area (Å²) in [6, 6.07) is 1.80. The Bertz CT molecular complexity index is 900. The van der Waals surface area contributed by atoms with Gasteiger partial charge in [-0.15, -0.1) is 0 Å². The third-order valence-corrected chi connectivity index (χ3v) is 5.54. The van der Waals surface area contributed by atoms with Gasteiger partial charge in [0, 0.05) is 18.7 Å². The standard InChI is InChI=1S/C23H33N3O5/c1-15-17(13-27)12-16-8-9-23(10-11-25(14-23)19(28)30-21(2,3)4)26(18(16)24-15)20(29)31-22(5,6)7/h12-13H,8-11,14H2,1-7H3. The van der Waals surface area contributed by atoms with Gasteiger partial charge in [-0.3, -0.25) is 9.69 Å². The molecule has 1 aromatic heterocycles. The van der Waals surface area contributed by atoms with Crippen molar-refractivity contribution in [1.82, 2.24) is 9.88 Å². The Morgan fingerprint density at radius 3 is 2.26 bits per heavy atom. The number of rotatable bonds is 1. The van der Waals surface area contributed by atoms with Crippen molar-refractivity contribution < 1.29 is 23.9 Å². The largest absolute Gasteiger partial charge is 0.444 e. The van der Waals surface area contributed by atoms with Gasteiger partial charge in [-0.05, 0) is 79.4 Å². The molecular weight excluding hydrogens is 398 g/mol. The zero-order valence-corrected chi connectivity index (χ0v) is 19.6. The molecule has 1 saturated heterocycles. The summed E-state index contributed by atoms with van der Waals surface area (Å²) in [6.45, 7) is 13.5. The molecule has 31 heavy (non-hydrogen) atoms. The smallest absolute Gasteiger partial charge is 0.416 e. The predicted molar refractivity (Wildman–Crippen MR) is 117 cm³/mol. The lowest BCUT2D eigenvalue weighted by Gasteiger charge is -2.44. The molecule has 8 nitrogen and oxygen atoms in total. The number of aldehydes is 1. The van der Waals surface area contributed by atoms with E-state index in [0.717, 1.165) is 11.8 Å². The van der Waals surface area contributed by atoms with E-state index in [9.17, 15) is 14.4 Å². The van der Waals surface area contributed by atoms with Gasteiger partial charge in [-0.25, -0.2) is 14.6 Å². The van der Waals surface area contributed by atoms with Crippen LogP contribution in [0.25, 0.3) is 0 Å². The van der Waals surface area contributed by atoms with Crippen molar-refractivity contribution in [2.24, 2.45) is 0 Å². The van der Waals surface area contributed by atoms with Gasteiger partial charge in [0.25, 0.3) is 0 Å². The predicted octanol–water partition coefficient (Wildman–Crippen LogP) is 4.27. The lowest BCUT2D eigenvalue weighted by atomic mass is 9.84. The van der Waals surface area contributed by atoms with Crippen LogP contribution < -0.4 is 4.90 Å². The average molecular weight is 432 g/mol. The summed E-state index contributed by atoms with van der Waals surface area (Å²) >= 11 is 0. The zero-order chi connectivity index (χ0) is 23.2. The summed E-state index contributed by atoms with van der Waals surface area (Å²) < 4.78 is 11.3. The van der Waals surface area contributed by atoms with Gasteiger partial charge < -0.3 is 14.4 Å². The van der Waals surface area contributed by atoms with Crippen LogP contribution in [-0.2, 0) is 15.9 Å². The molecule has 2 aliphatic heterocycles. The fraction of sp³-hybridized carbons (Fsp3) is 0.652. The maximum atomic E-state index is 13.4. The van der Waals surface area contributed by atoms with Crippen molar-refractivity contribution in [2.45, 2.75) is 84.5 Å². The molecule has 1 spiro atoms. The molecule has 0 bridgehead atoms. The van der Waals surface area contributed by atoms with E-state index in [1.54, 1.807) is 22.8 Å². The minimum Gasteiger partial charge on any atom is -0.444 e. The van der Waals surface area contributed by atoms with Crippen LogP contribution >= 0.6 is 0 Å². The molecule has 1 aromatic rings. The highest BCUT2D eigenvalue weighted by Gasteiger charge is 2.52. The summed E-state index contributed by atoms with van der Waals surface area (Å²) in [7, 11) is 0. The highest BCUT2D eigenvalue weighted by atomic mass is 16.6. The van der Waals surface area contributed by atoms with E-state index in [1.165, 1.54) is 0 Å². The van der Waals surface area contributed by atoms with Gasteiger partial charge in [0.15, 0.2) is 6.29 Å². The van der Waals surface area contributed by atoms with E-state index in [-0.39, 0.29) is 6.09 Å². The van der Waals surface area contributed by atoms with Crippen LogP contribution in [0.3, 0.4) is 0 Å². The third kappa shape index (κ3) is 4.83. The van der Waals surface area contributed by atoms with Crippen LogP contribution in [-0.4, -0.2) is 58.2 Å². The first-order chi connectivity index (χ1) is 14.2. The Morgan fingerprint density at radius 1 is 1.06 bits per heavy atom. The van der Waals surface area contributed by atoms with Crippen LogP contribution in [0, 0.1) is 6.92 Å². The molecule has 0 radical (unpaired) electrons. The van der Waals surface area contributed by atoms with E-state index in [2.05, 4.69) is 4.98 Å². The zero-order valence-electron chi connectivity index (χ0n) is 19.6. The number of anilines is 1. The first-order valence-corrected chi connectivity index (χ1v) is 10.7. The van der Waals surface area contributed by atoms with E-state index in [1.807, 2.05) is 41.5 Å². The number of nitrogens with zero attached hydrogens (tertiary/aromatic N) is 3. The lowest BCUT2D eigenvalue weighted by Crippen LogP contribution is -2.58. The Labute approximate surface area is 183 Å². The van der Waals surface area contributed by atoms with Crippen molar-refractivity contribution in [2.75, 3.05) is 18.0 Å². The summed E-state index contributed by atoms with van der Waals surface area (Å²) in [5, 5.41) is 0. The molecule has 2 amide bonds. The molecule has 3 heterocycles. The van der Waals surface area contributed by atoms with Crippen molar-refractivity contribution in [3.8, 4) is 0 Å². The molecule has 8 heteroatoms. The van der Waals surface area contributed by atoms with Gasteiger partial charge in [-0.1, -0.05) is 0 Å². The molecule has 1 unspecified atom stereocenters. The molecule has 170 valence electrons. The van der Waals surface area contributed by atoms with Gasteiger partial charge in [0.05, 0.1) is 11.2 Å². The molecule has 0 N–H and O–H groups in total. The second kappa shape index (κ2) is 7.80.